The molecule has 0 aliphatic rings. The highest BCUT2D eigenvalue weighted by molar-refractivity contribution is 6.30. The Morgan fingerprint density at radius 2 is 2.15 bits per heavy atom. The molecule has 3 nitrogen and oxygen atoms in total. The van der Waals surface area contributed by atoms with Crippen LogP contribution in [0.15, 0.2) is 36.5 Å². The molecule has 20 heavy (non-hydrogen) atoms. The zero-order valence-corrected chi connectivity index (χ0v) is 12.2. The van der Waals surface area contributed by atoms with Crippen LogP contribution in [0.5, 0.6) is 0 Å². The van der Waals surface area contributed by atoms with E-state index in [1.807, 2.05) is 31.2 Å². The summed E-state index contributed by atoms with van der Waals surface area (Å²) in [7, 11) is 1.80. The van der Waals surface area contributed by atoms with Crippen molar-refractivity contribution in [1.82, 2.24) is 4.98 Å². The predicted molar refractivity (Wildman–Crippen MR) is 80.4 cm³/mol. The summed E-state index contributed by atoms with van der Waals surface area (Å²) in [6.07, 6.45) is 1.57. The monoisotopic (exact) mass is 293 g/mol. The van der Waals surface area contributed by atoms with Crippen molar-refractivity contribution in [2.24, 2.45) is 5.73 Å². The van der Waals surface area contributed by atoms with Crippen LogP contribution in [0.25, 0.3) is 0 Å². The van der Waals surface area contributed by atoms with Gasteiger partial charge in [-0.2, -0.15) is 0 Å². The number of halogens is 2. The Morgan fingerprint density at radius 3 is 2.80 bits per heavy atom. The molecule has 5 heteroatoms. The van der Waals surface area contributed by atoms with Gasteiger partial charge in [-0.25, -0.2) is 9.37 Å². The van der Waals surface area contributed by atoms with Crippen LogP contribution in [0.4, 0.5) is 10.2 Å². The second-order valence-corrected chi connectivity index (χ2v) is 5.09. The maximum Gasteiger partial charge on any atom is 0.170 e. The van der Waals surface area contributed by atoms with Crippen LogP contribution in [0.1, 0.15) is 24.1 Å². The van der Waals surface area contributed by atoms with E-state index in [4.69, 9.17) is 17.3 Å². The Morgan fingerprint density at radius 1 is 1.40 bits per heavy atom. The Bertz CT molecular complexity index is 603. The highest BCUT2D eigenvalue weighted by Gasteiger charge is 2.18. The minimum atomic E-state index is -0.369. The van der Waals surface area contributed by atoms with Crippen LogP contribution in [0.2, 0.25) is 5.02 Å². The van der Waals surface area contributed by atoms with Crippen LogP contribution in [-0.2, 0) is 6.54 Å². The van der Waals surface area contributed by atoms with Gasteiger partial charge in [-0.15, -0.1) is 0 Å². The molecule has 1 atom stereocenters. The van der Waals surface area contributed by atoms with Gasteiger partial charge in [0, 0.05) is 30.4 Å². The number of hydrogen-bond acceptors (Lipinski definition) is 3. The number of anilines is 1. The number of hydrogen-bond donors (Lipinski definition) is 1. The van der Waals surface area contributed by atoms with E-state index in [2.05, 4.69) is 4.98 Å². The van der Waals surface area contributed by atoms with E-state index in [9.17, 15) is 4.39 Å². The quantitative estimate of drug-likeness (QED) is 0.937. The molecule has 1 aromatic carbocycles. The molecule has 2 N–H and O–H groups in total. The summed E-state index contributed by atoms with van der Waals surface area (Å²) in [5, 5.41) is 0.659. The Balaban J connectivity index is 2.33. The summed E-state index contributed by atoms with van der Waals surface area (Å²) in [6, 6.07) is 9.05. The second-order valence-electron chi connectivity index (χ2n) is 4.65. The van der Waals surface area contributed by atoms with Crippen molar-refractivity contribution in [3.63, 3.8) is 0 Å². The lowest BCUT2D eigenvalue weighted by Gasteiger charge is -2.27. The summed E-state index contributed by atoms with van der Waals surface area (Å²) in [5.41, 5.74) is 6.98. The number of nitrogens with zero attached hydrogens (tertiary/aromatic N) is 2. The minimum absolute atomic E-state index is 0.0521. The lowest BCUT2D eigenvalue weighted by molar-refractivity contribution is 0.588. The van der Waals surface area contributed by atoms with Crippen molar-refractivity contribution in [3.05, 3.63) is 58.5 Å². The van der Waals surface area contributed by atoms with Crippen LogP contribution < -0.4 is 10.6 Å². The van der Waals surface area contributed by atoms with E-state index in [-0.39, 0.29) is 18.4 Å². The molecule has 0 fully saturated rings. The summed E-state index contributed by atoms with van der Waals surface area (Å²) in [5.74, 6) is -0.0770. The summed E-state index contributed by atoms with van der Waals surface area (Å²) < 4.78 is 14.3. The molecule has 2 aromatic rings. The molecule has 0 saturated carbocycles. The predicted octanol–water partition coefficient (Wildman–Crippen LogP) is 3.53. The van der Waals surface area contributed by atoms with E-state index >= 15 is 0 Å². The fourth-order valence-corrected chi connectivity index (χ4v) is 2.25. The SMILES string of the molecule is CC(c1cccc(Cl)c1)N(C)c1nccc(CN)c1F. The molecule has 0 bridgehead atoms. The van der Waals surface area contributed by atoms with E-state index in [0.717, 1.165) is 5.56 Å². The van der Waals surface area contributed by atoms with Crippen LogP contribution in [0.3, 0.4) is 0 Å². The highest BCUT2D eigenvalue weighted by Crippen LogP contribution is 2.28. The van der Waals surface area contributed by atoms with Crippen LogP contribution >= 0.6 is 11.6 Å². The summed E-state index contributed by atoms with van der Waals surface area (Å²) in [4.78, 5) is 5.90. The number of pyridine rings is 1. The van der Waals surface area contributed by atoms with Gasteiger partial charge >= 0.3 is 0 Å². The summed E-state index contributed by atoms with van der Waals surface area (Å²) in [6.45, 7) is 2.13. The van der Waals surface area contributed by atoms with Gasteiger partial charge in [-0.1, -0.05) is 23.7 Å². The molecule has 0 radical (unpaired) electrons. The maximum absolute atomic E-state index is 14.3. The fraction of sp³-hybridized carbons (Fsp3) is 0.267. The van der Waals surface area contributed by atoms with Crippen molar-refractivity contribution in [3.8, 4) is 0 Å². The lowest BCUT2D eigenvalue weighted by Crippen LogP contribution is -2.24. The third-order valence-electron chi connectivity index (χ3n) is 3.42. The largest absolute Gasteiger partial charge is 0.350 e. The van der Waals surface area contributed by atoms with Gasteiger partial charge in [-0.05, 0) is 30.7 Å². The molecule has 0 aliphatic carbocycles. The normalized spacial score (nSPS) is 12.2. The summed E-state index contributed by atoms with van der Waals surface area (Å²) >= 11 is 5.99. The van der Waals surface area contributed by atoms with E-state index in [1.165, 1.54) is 0 Å². The Kier molecular flexibility index (Phi) is 4.57. The third kappa shape index (κ3) is 2.92. The zero-order chi connectivity index (χ0) is 14.7. The first-order chi connectivity index (χ1) is 9.54. The molecule has 0 spiro atoms. The number of aromatic nitrogens is 1. The highest BCUT2D eigenvalue weighted by atomic mass is 35.5. The molecule has 106 valence electrons. The fourth-order valence-electron chi connectivity index (χ4n) is 2.05. The van der Waals surface area contributed by atoms with Gasteiger partial charge in [0.2, 0.25) is 0 Å². The molecule has 1 unspecified atom stereocenters. The van der Waals surface area contributed by atoms with Crippen molar-refractivity contribution >= 4 is 17.4 Å². The van der Waals surface area contributed by atoms with Gasteiger partial charge in [0.25, 0.3) is 0 Å². The maximum atomic E-state index is 14.3. The molecular weight excluding hydrogens is 277 g/mol. The van der Waals surface area contributed by atoms with Crippen molar-refractivity contribution < 1.29 is 4.39 Å². The van der Waals surface area contributed by atoms with Crippen LogP contribution in [-0.4, -0.2) is 12.0 Å². The lowest BCUT2D eigenvalue weighted by atomic mass is 10.1. The topological polar surface area (TPSA) is 42.2 Å². The van der Waals surface area contributed by atoms with Gasteiger partial charge in [0.15, 0.2) is 11.6 Å². The minimum Gasteiger partial charge on any atom is -0.350 e. The molecule has 0 amide bonds. The first-order valence-electron chi connectivity index (χ1n) is 6.36. The van der Waals surface area contributed by atoms with E-state index in [0.29, 0.717) is 16.4 Å². The first-order valence-corrected chi connectivity index (χ1v) is 6.74. The van der Waals surface area contributed by atoms with E-state index < -0.39 is 0 Å². The van der Waals surface area contributed by atoms with Gasteiger partial charge in [0.1, 0.15) is 0 Å². The average molecular weight is 294 g/mol. The third-order valence-corrected chi connectivity index (χ3v) is 3.65. The van der Waals surface area contributed by atoms with Crippen LogP contribution in [0, 0.1) is 5.82 Å². The van der Waals surface area contributed by atoms with E-state index in [1.54, 1.807) is 24.2 Å². The molecular formula is C15H17ClFN3. The van der Waals surface area contributed by atoms with Crippen molar-refractivity contribution in [1.29, 1.82) is 0 Å². The molecule has 1 heterocycles. The van der Waals surface area contributed by atoms with Gasteiger partial charge < -0.3 is 10.6 Å². The standard InChI is InChI=1S/C15H17ClFN3/c1-10(11-4-3-5-13(16)8-11)20(2)15-14(17)12(9-18)6-7-19-15/h3-8,10H,9,18H2,1-2H3. The molecule has 0 saturated heterocycles. The molecule has 2 rings (SSSR count). The van der Waals surface area contributed by atoms with Crippen molar-refractivity contribution in [2.75, 3.05) is 11.9 Å². The molecule has 0 aliphatic heterocycles. The second kappa shape index (κ2) is 6.20. The van der Waals surface area contributed by atoms with Crippen molar-refractivity contribution in [2.45, 2.75) is 19.5 Å². The zero-order valence-electron chi connectivity index (χ0n) is 11.5. The number of nitrogens with two attached hydrogens (primary N) is 1. The first kappa shape index (κ1) is 14.8. The number of benzene rings is 1. The Labute approximate surface area is 123 Å². The Hall–Kier alpha value is -1.65. The average Bonchev–Trinajstić information content (AvgIpc) is 2.46. The number of rotatable bonds is 4. The molecule has 1 aromatic heterocycles. The van der Waals surface area contributed by atoms with Gasteiger partial charge in [-0.3, -0.25) is 0 Å². The smallest absolute Gasteiger partial charge is 0.170 e. The van der Waals surface area contributed by atoms with Gasteiger partial charge in [0.05, 0.1) is 6.04 Å².